The highest BCUT2D eigenvalue weighted by atomic mass is 35.5. The van der Waals surface area contributed by atoms with Gasteiger partial charge in [-0.05, 0) is 43.5 Å². The topological polar surface area (TPSA) is 76.7 Å². The van der Waals surface area contributed by atoms with E-state index in [1.54, 1.807) is 0 Å². The van der Waals surface area contributed by atoms with Gasteiger partial charge in [0.15, 0.2) is 13.2 Å². The molecule has 31 heavy (non-hydrogen) atoms. The van der Waals surface area contributed by atoms with Crippen LogP contribution >= 0.6 is 23.2 Å². The molecule has 2 aromatic rings. The van der Waals surface area contributed by atoms with Gasteiger partial charge in [0.25, 0.3) is 11.8 Å². The molecule has 3 aliphatic carbocycles. The van der Waals surface area contributed by atoms with E-state index in [4.69, 9.17) is 32.7 Å². The van der Waals surface area contributed by atoms with Gasteiger partial charge in [0.05, 0.1) is 10.0 Å². The summed E-state index contributed by atoms with van der Waals surface area (Å²) in [7, 11) is 0. The number of hydrogen-bond acceptors (Lipinski definition) is 4. The molecule has 2 aromatic carbocycles. The minimum absolute atomic E-state index is 0.0233. The first-order valence-corrected chi connectivity index (χ1v) is 10.2. The second-order valence-corrected chi connectivity index (χ2v) is 8.73. The number of benzene rings is 2. The summed E-state index contributed by atoms with van der Waals surface area (Å²) in [6, 6.07) is 7.80. The lowest BCUT2D eigenvalue weighted by Crippen LogP contribution is -2.84. The van der Waals surface area contributed by atoms with Crippen molar-refractivity contribution < 1.29 is 27.8 Å². The standard InChI is InChI=1S/C21H18Cl2F2N2O4/c22-14-3-1-13(6-17(14)25)31-8-19(29)27-21-9-20(10-21,11-21)26-18(28)7-30-12-2-4-16(24)15(23)5-12/h1-6H,7-11H2,(H,26,28)(H,27,29). The van der Waals surface area contributed by atoms with Crippen LogP contribution in [0.3, 0.4) is 0 Å². The van der Waals surface area contributed by atoms with E-state index in [0.29, 0.717) is 25.0 Å². The summed E-state index contributed by atoms with van der Waals surface area (Å²) in [6.07, 6.45) is 1.82. The van der Waals surface area contributed by atoms with Gasteiger partial charge in [-0.3, -0.25) is 9.59 Å². The lowest BCUT2D eigenvalue weighted by atomic mass is 9.44. The molecule has 3 aliphatic rings. The second-order valence-electron chi connectivity index (χ2n) is 7.92. The van der Waals surface area contributed by atoms with Crippen molar-refractivity contribution in [1.29, 1.82) is 0 Å². The number of carbonyl (C=O) groups excluding carboxylic acids is 2. The quantitative estimate of drug-likeness (QED) is 0.617. The Morgan fingerprint density at radius 1 is 0.806 bits per heavy atom. The van der Waals surface area contributed by atoms with Gasteiger partial charge in [0, 0.05) is 23.2 Å². The fourth-order valence-electron chi connectivity index (χ4n) is 4.15. The van der Waals surface area contributed by atoms with E-state index in [1.807, 2.05) is 0 Å². The zero-order valence-electron chi connectivity index (χ0n) is 16.1. The maximum absolute atomic E-state index is 13.4. The Kier molecular flexibility index (Phi) is 5.70. The molecule has 164 valence electrons. The Labute approximate surface area is 186 Å². The van der Waals surface area contributed by atoms with Crippen molar-refractivity contribution in [2.75, 3.05) is 13.2 Å². The smallest absolute Gasteiger partial charge is 0.258 e. The molecule has 6 nitrogen and oxygen atoms in total. The van der Waals surface area contributed by atoms with Gasteiger partial charge >= 0.3 is 0 Å². The van der Waals surface area contributed by atoms with E-state index in [0.717, 1.165) is 12.1 Å². The van der Waals surface area contributed by atoms with E-state index in [1.165, 1.54) is 24.3 Å². The number of amides is 2. The van der Waals surface area contributed by atoms with E-state index >= 15 is 0 Å². The van der Waals surface area contributed by atoms with E-state index in [2.05, 4.69) is 10.6 Å². The number of hydrogen-bond donors (Lipinski definition) is 2. The number of carbonyl (C=O) groups is 2. The summed E-state index contributed by atoms with van der Waals surface area (Å²) in [5.74, 6) is -1.32. The van der Waals surface area contributed by atoms with Gasteiger partial charge < -0.3 is 20.1 Å². The average molecular weight is 471 g/mol. The predicted octanol–water partition coefficient (Wildman–Crippen LogP) is 3.64. The van der Waals surface area contributed by atoms with Gasteiger partial charge in [-0.25, -0.2) is 8.78 Å². The fourth-order valence-corrected chi connectivity index (χ4v) is 4.44. The first-order chi connectivity index (χ1) is 14.7. The SMILES string of the molecule is O=C(COc1ccc(Cl)c(F)c1)NC12CC(NC(=O)COc3ccc(F)c(Cl)c3)(C1)C2. The summed E-state index contributed by atoms with van der Waals surface area (Å²) in [4.78, 5) is 24.3. The molecule has 0 saturated heterocycles. The zero-order valence-corrected chi connectivity index (χ0v) is 17.7. The van der Waals surface area contributed by atoms with Crippen LogP contribution in [0.15, 0.2) is 36.4 Å². The lowest BCUT2D eigenvalue weighted by molar-refractivity contribution is -0.151. The third-order valence-electron chi connectivity index (χ3n) is 5.36. The molecule has 0 unspecified atom stereocenters. The van der Waals surface area contributed by atoms with Crippen LogP contribution in [0.25, 0.3) is 0 Å². The van der Waals surface area contributed by atoms with Gasteiger partial charge in [-0.15, -0.1) is 0 Å². The van der Waals surface area contributed by atoms with Crippen molar-refractivity contribution in [1.82, 2.24) is 10.6 Å². The highest BCUT2D eigenvalue weighted by molar-refractivity contribution is 6.31. The monoisotopic (exact) mass is 470 g/mol. The maximum atomic E-state index is 13.4. The average Bonchev–Trinajstić information content (AvgIpc) is 2.67. The third-order valence-corrected chi connectivity index (χ3v) is 5.96. The molecule has 0 radical (unpaired) electrons. The van der Waals surface area contributed by atoms with Gasteiger partial charge in [0.2, 0.25) is 0 Å². The minimum atomic E-state index is -0.622. The Morgan fingerprint density at radius 2 is 1.32 bits per heavy atom. The van der Waals surface area contributed by atoms with Crippen molar-refractivity contribution in [3.8, 4) is 11.5 Å². The van der Waals surface area contributed by atoms with E-state index in [-0.39, 0.29) is 51.9 Å². The number of ether oxygens (including phenoxy) is 2. The Morgan fingerprint density at radius 3 is 1.84 bits per heavy atom. The van der Waals surface area contributed by atoms with Crippen molar-refractivity contribution in [2.24, 2.45) is 0 Å². The molecule has 2 bridgehead atoms. The van der Waals surface area contributed by atoms with Crippen molar-refractivity contribution in [3.63, 3.8) is 0 Å². The lowest BCUT2D eigenvalue weighted by Gasteiger charge is -2.70. The molecule has 0 atom stereocenters. The van der Waals surface area contributed by atoms with Crippen LogP contribution in [0.4, 0.5) is 8.78 Å². The molecular formula is C21H18Cl2F2N2O4. The van der Waals surface area contributed by atoms with Crippen LogP contribution in [0.5, 0.6) is 11.5 Å². The molecule has 2 amide bonds. The van der Waals surface area contributed by atoms with Gasteiger partial charge in [-0.2, -0.15) is 0 Å². The molecule has 0 aliphatic heterocycles. The Balaban J connectivity index is 1.17. The molecule has 10 heteroatoms. The van der Waals surface area contributed by atoms with Crippen LogP contribution < -0.4 is 20.1 Å². The van der Waals surface area contributed by atoms with Crippen LogP contribution in [0, 0.1) is 11.6 Å². The number of nitrogens with one attached hydrogen (secondary N) is 2. The van der Waals surface area contributed by atoms with Crippen LogP contribution in [-0.2, 0) is 9.59 Å². The maximum Gasteiger partial charge on any atom is 0.258 e. The highest BCUT2D eigenvalue weighted by Crippen LogP contribution is 2.60. The molecule has 3 fully saturated rings. The third kappa shape index (κ3) is 4.70. The fraction of sp³-hybridized carbons (Fsp3) is 0.333. The van der Waals surface area contributed by atoms with Crippen LogP contribution in [-0.4, -0.2) is 36.1 Å². The predicted molar refractivity (Wildman–Crippen MR) is 109 cm³/mol. The van der Waals surface area contributed by atoms with Crippen molar-refractivity contribution >= 4 is 35.0 Å². The number of rotatable bonds is 8. The molecular weight excluding hydrogens is 453 g/mol. The van der Waals surface area contributed by atoms with E-state index < -0.39 is 11.6 Å². The van der Waals surface area contributed by atoms with Crippen molar-refractivity contribution in [3.05, 3.63) is 58.1 Å². The van der Waals surface area contributed by atoms with Crippen molar-refractivity contribution in [2.45, 2.75) is 30.3 Å². The summed E-state index contributed by atoms with van der Waals surface area (Å²) >= 11 is 11.3. The van der Waals surface area contributed by atoms with Gasteiger partial charge in [0.1, 0.15) is 23.1 Å². The van der Waals surface area contributed by atoms with E-state index in [9.17, 15) is 18.4 Å². The summed E-state index contributed by atoms with van der Waals surface area (Å²) < 4.78 is 37.2. The second kappa shape index (κ2) is 8.16. The first kappa shape index (κ1) is 21.6. The highest BCUT2D eigenvalue weighted by Gasteiger charge is 2.69. The molecule has 0 heterocycles. The zero-order chi connectivity index (χ0) is 22.2. The normalized spacial score (nSPS) is 23.2. The summed E-state index contributed by atoms with van der Waals surface area (Å²) in [6.45, 7) is -0.481. The number of halogens is 4. The molecule has 0 spiro atoms. The summed E-state index contributed by atoms with van der Waals surface area (Å²) in [5, 5.41) is 5.71. The summed E-state index contributed by atoms with van der Waals surface area (Å²) in [5.41, 5.74) is -0.710. The largest absolute Gasteiger partial charge is 0.484 e. The molecule has 2 N–H and O–H groups in total. The van der Waals surface area contributed by atoms with Crippen LogP contribution in [0.1, 0.15) is 19.3 Å². The Hall–Kier alpha value is -2.58. The molecule has 5 rings (SSSR count). The minimum Gasteiger partial charge on any atom is -0.484 e. The molecule has 3 saturated carbocycles. The first-order valence-electron chi connectivity index (χ1n) is 9.45. The molecule has 0 aromatic heterocycles. The Bertz CT molecular complexity index is 951. The van der Waals surface area contributed by atoms with Gasteiger partial charge in [-0.1, -0.05) is 23.2 Å². The van der Waals surface area contributed by atoms with Crippen LogP contribution in [0.2, 0.25) is 10.0 Å².